The van der Waals surface area contributed by atoms with Crippen LogP contribution in [0.5, 0.6) is 0 Å². The number of hydrogen-bond acceptors (Lipinski definition) is 1. The first kappa shape index (κ1) is 13.4. The molecule has 0 aromatic heterocycles. The summed E-state index contributed by atoms with van der Waals surface area (Å²) in [6, 6.07) is 11.5. The molecular formula is C14H12F2IN. The predicted molar refractivity (Wildman–Crippen MR) is 76.1 cm³/mol. The molecule has 0 amide bonds. The average Bonchev–Trinajstić information content (AvgIpc) is 2.34. The Bertz CT molecular complexity index is 557. The van der Waals surface area contributed by atoms with Crippen LogP contribution in [0.2, 0.25) is 0 Å². The molecule has 0 aliphatic rings. The fraction of sp³-hybridized carbons (Fsp3) is 0.143. The van der Waals surface area contributed by atoms with Crippen molar-refractivity contribution in [2.24, 2.45) is 5.73 Å². The van der Waals surface area contributed by atoms with Crippen LogP contribution in [-0.2, 0) is 6.42 Å². The van der Waals surface area contributed by atoms with Gasteiger partial charge >= 0.3 is 0 Å². The van der Waals surface area contributed by atoms with E-state index in [9.17, 15) is 8.78 Å². The van der Waals surface area contributed by atoms with E-state index in [1.807, 2.05) is 24.3 Å². The molecular weight excluding hydrogens is 347 g/mol. The zero-order chi connectivity index (χ0) is 13.1. The van der Waals surface area contributed by atoms with Gasteiger partial charge in [-0.15, -0.1) is 0 Å². The average molecular weight is 359 g/mol. The molecule has 0 spiro atoms. The molecule has 0 saturated carbocycles. The summed E-state index contributed by atoms with van der Waals surface area (Å²) in [6.07, 6.45) is 0.483. The summed E-state index contributed by atoms with van der Waals surface area (Å²) in [7, 11) is 0. The van der Waals surface area contributed by atoms with Crippen LogP contribution in [0.1, 0.15) is 17.2 Å². The molecule has 0 radical (unpaired) electrons. The first-order valence-corrected chi connectivity index (χ1v) is 6.59. The Kier molecular flexibility index (Phi) is 4.29. The molecule has 0 aliphatic heterocycles. The molecule has 1 atom stereocenters. The second-order valence-corrected chi connectivity index (χ2v) is 5.24. The van der Waals surface area contributed by atoms with E-state index in [-0.39, 0.29) is 6.04 Å². The summed E-state index contributed by atoms with van der Waals surface area (Å²) in [6.45, 7) is 0. The van der Waals surface area contributed by atoms with E-state index in [1.54, 1.807) is 6.07 Å². The molecule has 0 heterocycles. The minimum Gasteiger partial charge on any atom is -0.324 e. The van der Waals surface area contributed by atoms with Gasteiger partial charge in [-0.25, -0.2) is 8.78 Å². The number of nitrogens with two attached hydrogens (primary N) is 1. The predicted octanol–water partition coefficient (Wildman–Crippen LogP) is 3.81. The van der Waals surface area contributed by atoms with Crippen LogP contribution in [0.3, 0.4) is 0 Å². The monoisotopic (exact) mass is 359 g/mol. The number of hydrogen-bond donors (Lipinski definition) is 1. The molecule has 2 N–H and O–H groups in total. The van der Waals surface area contributed by atoms with Gasteiger partial charge in [0.1, 0.15) is 0 Å². The fourth-order valence-corrected chi connectivity index (χ4v) is 2.59. The van der Waals surface area contributed by atoms with Gasteiger partial charge in [0.2, 0.25) is 0 Å². The van der Waals surface area contributed by atoms with Crippen molar-refractivity contribution in [3.8, 4) is 0 Å². The van der Waals surface area contributed by atoms with Crippen LogP contribution in [0.4, 0.5) is 8.78 Å². The fourth-order valence-electron chi connectivity index (χ4n) is 1.81. The summed E-state index contributed by atoms with van der Waals surface area (Å²) in [5, 5.41) is 0. The van der Waals surface area contributed by atoms with Crippen molar-refractivity contribution in [3.05, 3.63) is 68.8 Å². The van der Waals surface area contributed by atoms with E-state index >= 15 is 0 Å². The lowest BCUT2D eigenvalue weighted by atomic mass is 10.00. The Hall–Kier alpha value is -1.01. The molecule has 1 unspecified atom stereocenters. The summed E-state index contributed by atoms with van der Waals surface area (Å²) < 4.78 is 27.0. The molecule has 94 valence electrons. The molecule has 0 bridgehead atoms. The lowest BCUT2D eigenvalue weighted by molar-refractivity contribution is 0.506. The normalized spacial score (nSPS) is 12.4. The Morgan fingerprint density at radius 2 is 1.78 bits per heavy atom. The zero-order valence-electron chi connectivity index (χ0n) is 9.54. The highest BCUT2D eigenvalue weighted by atomic mass is 127. The molecule has 1 nitrogen and oxygen atoms in total. The van der Waals surface area contributed by atoms with Crippen molar-refractivity contribution in [2.45, 2.75) is 12.5 Å². The van der Waals surface area contributed by atoms with Crippen LogP contribution in [0.25, 0.3) is 0 Å². The van der Waals surface area contributed by atoms with Crippen molar-refractivity contribution < 1.29 is 8.78 Å². The molecule has 2 aromatic carbocycles. The van der Waals surface area contributed by atoms with Gasteiger partial charge in [0.15, 0.2) is 11.6 Å². The summed E-state index contributed by atoms with van der Waals surface area (Å²) >= 11 is 2.22. The Morgan fingerprint density at radius 3 is 2.44 bits per heavy atom. The van der Waals surface area contributed by atoms with Crippen LogP contribution in [-0.4, -0.2) is 0 Å². The zero-order valence-corrected chi connectivity index (χ0v) is 11.7. The van der Waals surface area contributed by atoms with Gasteiger partial charge in [0, 0.05) is 9.61 Å². The third-order valence-electron chi connectivity index (χ3n) is 2.74. The first-order valence-electron chi connectivity index (χ1n) is 5.52. The van der Waals surface area contributed by atoms with Crippen molar-refractivity contribution >= 4 is 22.6 Å². The van der Waals surface area contributed by atoms with Gasteiger partial charge < -0.3 is 5.73 Å². The second-order valence-electron chi connectivity index (χ2n) is 4.08. The summed E-state index contributed by atoms with van der Waals surface area (Å²) in [5.74, 6) is -1.66. The summed E-state index contributed by atoms with van der Waals surface area (Å²) in [4.78, 5) is 0. The van der Waals surface area contributed by atoms with Gasteiger partial charge in [0.25, 0.3) is 0 Å². The van der Waals surface area contributed by atoms with E-state index in [4.69, 9.17) is 5.73 Å². The molecule has 4 heteroatoms. The van der Waals surface area contributed by atoms with E-state index in [0.29, 0.717) is 12.0 Å². The molecule has 2 aromatic rings. The minimum absolute atomic E-state index is 0.219. The highest BCUT2D eigenvalue weighted by Crippen LogP contribution is 2.22. The molecule has 2 rings (SSSR count). The number of rotatable bonds is 3. The van der Waals surface area contributed by atoms with Crippen molar-refractivity contribution in [3.63, 3.8) is 0 Å². The second kappa shape index (κ2) is 5.75. The number of benzene rings is 2. The van der Waals surface area contributed by atoms with E-state index in [2.05, 4.69) is 22.6 Å². The maximum absolute atomic E-state index is 13.1. The van der Waals surface area contributed by atoms with Crippen molar-refractivity contribution in [1.29, 1.82) is 0 Å². The van der Waals surface area contributed by atoms with Crippen LogP contribution >= 0.6 is 22.6 Å². The van der Waals surface area contributed by atoms with Crippen LogP contribution < -0.4 is 5.73 Å². The topological polar surface area (TPSA) is 26.0 Å². The quantitative estimate of drug-likeness (QED) is 0.829. The maximum atomic E-state index is 13.1. The third-order valence-corrected chi connectivity index (χ3v) is 3.73. The van der Waals surface area contributed by atoms with E-state index < -0.39 is 11.6 Å². The van der Waals surface area contributed by atoms with E-state index in [1.165, 1.54) is 6.07 Å². The van der Waals surface area contributed by atoms with Gasteiger partial charge in [-0.05, 0) is 58.3 Å². The largest absolute Gasteiger partial charge is 0.324 e. The highest BCUT2D eigenvalue weighted by Gasteiger charge is 2.11. The van der Waals surface area contributed by atoms with Gasteiger partial charge in [-0.3, -0.25) is 0 Å². The van der Waals surface area contributed by atoms with Crippen LogP contribution in [0.15, 0.2) is 42.5 Å². The Morgan fingerprint density at radius 1 is 1.06 bits per heavy atom. The maximum Gasteiger partial charge on any atom is 0.159 e. The standard InChI is InChI=1S/C14H12F2IN/c15-11-6-5-9(7-12(11)16)8-14(18)10-3-1-2-4-13(10)17/h1-7,14H,8,18H2. The molecule has 18 heavy (non-hydrogen) atoms. The third kappa shape index (κ3) is 3.05. The minimum atomic E-state index is -0.832. The van der Waals surface area contributed by atoms with Gasteiger partial charge in [-0.1, -0.05) is 24.3 Å². The van der Waals surface area contributed by atoms with Gasteiger partial charge in [-0.2, -0.15) is 0 Å². The van der Waals surface area contributed by atoms with E-state index in [0.717, 1.165) is 15.2 Å². The summed E-state index contributed by atoms with van der Waals surface area (Å²) in [5.41, 5.74) is 7.81. The van der Waals surface area contributed by atoms with Crippen LogP contribution in [0, 0.1) is 15.2 Å². The van der Waals surface area contributed by atoms with Gasteiger partial charge in [0.05, 0.1) is 0 Å². The lowest BCUT2D eigenvalue weighted by Gasteiger charge is -2.14. The first-order chi connectivity index (χ1) is 8.58. The smallest absolute Gasteiger partial charge is 0.159 e. The molecule has 0 saturated heterocycles. The number of halogens is 3. The Balaban J connectivity index is 2.19. The highest BCUT2D eigenvalue weighted by molar-refractivity contribution is 14.1. The lowest BCUT2D eigenvalue weighted by Crippen LogP contribution is -2.14. The Labute approximate surface area is 118 Å². The molecule has 0 fully saturated rings. The molecule has 0 aliphatic carbocycles. The van der Waals surface area contributed by atoms with Crippen molar-refractivity contribution in [2.75, 3.05) is 0 Å². The SMILES string of the molecule is NC(Cc1ccc(F)c(F)c1)c1ccccc1I. The van der Waals surface area contributed by atoms with Crippen molar-refractivity contribution in [1.82, 2.24) is 0 Å².